The summed E-state index contributed by atoms with van der Waals surface area (Å²) in [6, 6.07) is -0.104. The number of thiazole rings is 1. The summed E-state index contributed by atoms with van der Waals surface area (Å²) in [6.45, 7) is 5.74. The molecule has 1 heterocycles. The van der Waals surface area contributed by atoms with Crippen LogP contribution >= 0.6 is 27.3 Å². The maximum absolute atomic E-state index is 12.0. The Labute approximate surface area is 109 Å². The highest BCUT2D eigenvalue weighted by Crippen LogP contribution is 2.19. The monoisotopic (exact) mass is 326 g/mol. The fourth-order valence-electron chi connectivity index (χ4n) is 1.07. The number of aryl methyl sites for hydroxylation is 1. The first-order chi connectivity index (χ1) is 7.36. The highest BCUT2D eigenvalue weighted by atomic mass is 79.9. The van der Waals surface area contributed by atoms with Crippen LogP contribution in [0.3, 0.4) is 0 Å². The SMILES string of the molecule is Cc1ncc(S(=O)(=O)NC(CBr)C(C)C)s1. The Morgan fingerprint density at radius 2 is 2.19 bits per heavy atom. The molecule has 0 saturated carbocycles. The molecule has 1 N–H and O–H groups in total. The first kappa shape index (κ1) is 14.1. The van der Waals surface area contributed by atoms with E-state index in [1.165, 1.54) is 17.5 Å². The average molecular weight is 327 g/mol. The standard InChI is InChI=1S/C9H15BrN2O2S2/c1-6(2)8(4-10)12-16(13,14)9-5-11-7(3)15-9/h5-6,8,12H,4H2,1-3H3. The van der Waals surface area contributed by atoms with Gasteiger partial charge in [0.15, 0.2) is 4.21 Å². The number of nitrogens with one attached hydrogen (secondary N) is 1. The van der Waals surface area contributed by atoms with Crippen LogP contribution in [0.15, 0.2) is 10.4 Å². The van der Waals surface area contributed by atoms with E-state index in [0.29, 0.717) is 5.33 Å². The van der Waals surface area contributed by atoms with Crippen LogP contribution in [-0.4, -0.2) is 24.8 Å². The zero-order chi connectivity index (χ0) is 12.3. The highest BCUT2D eigenvalue weighted by Gasteiger charge is 2.23. The Morgan fingerprint density at radius 3 is 2.56 bits per heavy atom. The Morgan fingerprint density at radius 1 is 1.56 bits per heavy atom. The number of alkyl halides is 1. The molecule has 0 aromatic carbocycles. The second-order valence-electron chi connectivity index (χ2n) is 3.82. The van der Waals surface area contributed by atoms with Gasteiger partial charge in [-0.3, -0.25) is 0 Å². The van der Waals surface area contributed by atoms with Crippen molar-refractivity contribution in [1.29, 1.82) is 0 Å². The molecule has 1 aromatic rings. The maximum atomic E-state index is 12.0. The average Bonchev–Trinajstić information content (AvgIpc) is 2.61. The summed E-state index contributed by atoms with van der Waals surface area (Å²) in [5.41, 5.74) is 0. The first-order valence-electron chi connectivity index (χ1n) is 4.87. The van der Waals surface area contributed by atoms with E-state index in [1.807, 2.05) is 13.8 Å². The van der Waals surface area contributed by atoms with Gasteiger partial charge < -0.3 is 0 Å². The molecule has 0 spiro atoms. The number of halogens is 1. The van der Waals surface area contributed by atoms with Gasteiger partial charge in [-0.2, -0.15) is 0 Å². The van der Waals surface area contributed by atoms with Gasteiger partial charge >= 0.3 is 0 Å². The van der Waals surface area contributed by atoms with E-state index in [4.69, 9.17) is 0 Å². The van der Waals surface area contributed by atoms with E-state index >= 15 is 0 Å². The van der Waals surface area contributed by atoms with Crippen LogP contribution in [0.5, 0.6) is 0 Å². The van der Waals surface area contributed by atoms with Crippen LogP contribution < -0.4 is 4.72 Å². The molecule has 0 saturated heterocycles. The second-order valence-corrected chi connectivity index (χ2v) is 7.65. The van der Waals surface area contributed by atoms with Crippen molar-refractivity contribution in [2.75, 3.05) is 5.33 Å². The molecule has 0 aliphatic carbocycles. The van der Waals surface area contributed by atoms with Crippen molar-refractivity contribution >= 4 is 37.3 Å². The van der Waals surface area contributed by atoms with Gasteiger partial charge in [-0.1, -0.05) is 29.8 Å². The summed E-state index contributed by atoms with van der Waals surface area (Å²) in [5.74, 6) is 0.239. The molecule has 0 radical (unpaired) electrons. The van der Waals surface area contributed by atoms with Gasteiger partial charge in [0, 0.05) is 11.4 Å². The fourth-order valence-corrected chi connectivity index (χ4v) is 4.70. The lowest BCUT2D eigenvalue weighted by Crippen LogP contribution is -2.39. The molecule has 0 aliphatic heterocycles. The van der Waals surface area contributed by atoms with E-state index in [2.05, 4.69) is 25.6 Å². The second kappa shape index (κ2) is 5.57. The van der Waals surface area contributed by atoms with E-state index < -0.39 is 10.0 Å². The number of nitrogens with zero attached hydrogens (tertiary/aromatic N) is 1. The predicted octanol–water partition coefficient (Wildman–Crippen LogP) is 2.15. The topological polar surface area (TPSA) is 59.1 Å². The Kier molecular flexibility index (Phi) is 4.90. The molecule has 1 rings (SSSR count). The molecule has 1 unspecified atom stereocenters. The molecule has 0 aliphatic rings. The van der Waals surface area contributed by atoms with Gasteiger partial charge in [0.1, 0.15) is 0 Å². The van der Waals surface area contributed by atoms with Crippen molar-refractivity contribution in [3.8, 4) is 0 Å². The fraction of sp³-hybridized carbons (Fsp3) is 0.667. The molecule has 16 heavy (non-hydrogen) atoms. The molecule has 4 nitrogen and oxygen atoms in total. The minimum atomic E-state index is -3.42. The molecule has 1 aromatic heterocycles. The van der Waals surface area contributed by atoms with E-state index in [-0.39, 0.29) is 16.2 Å². The normalized spacial score (nSPS) is 14.3. The smallest absolute Gasteiger partial charge is 0.249 e. The summed E-state index contributed by atoms with van der Waals surface area (Å²) in [5, 5.41) is 1.35. The van der Waals surface area contributed by atoms with E-state index in [1.54, 1.807) is 6.92 Å². The molecule has 0 bridgehead atoms. The summed E-state index contributed by atoms with van der Waals surface area (Å²) >= 11 is 4.49. The number of sulfonamides is 1. The largest absolute Gasteiger partial charge is 0.251 e. The molecule has 0 fully saturated rings. The lowest BCUT2D eigenvalue weighted by atomic mass is 10.1. The molecule has 0 amide bonds. The van der Waals surface area contributed by atoms with Gasteiger partial charge in [-0.25, -0.2) is 18.1 Å². The lowest BCUT2D eigenvalue weighted by molar-refractivity contribution is 0.484. The summed E-state index contributed by atoms with van der Waals surface area (Å²) < 4.78 is 26.9. The molecule has 7 heteroatoms. The Bertz CT molecular complexity index is 442. The zero-order valence-corrected chi connectivity index (χ0v) is 12.6. The summed E-state index contributed by atoms with van der Waals surface area (Å²) in [6.07, 6.45) is 1.40. The number of hydrogen-bond acceptors (Lipinski definition) is 4. The summed E-state index contributed by atoms with van der Waals surface area (Å²) in [7, 11) is -3.42. The van der Waals surface area contributed by atoms with Gasteiger partial charge in [-0.15, -0.1) is 11.3 Å². The third kappa shape index (κ3) is 3.51. The molecule has 1 atom stereocenters. The van der Waals surface area contributed by atoms with Gasteiger partial charge in [0.2, 0.25) is 0 Å². The number of aromatic nitrogens is 1. The van der Waals surface area contributed by atoms with E-state index in [0.717, 1.165) is 5.01 Å². The van der Waals surface area contributed by atoms with Crippen LogP contribution in [0.25, 0.3) is 0 Å². The minimum absolute atomic E-state index is 0.104. The summed E-state index contributed by atoms with van der Waals surface area (Å²) in [4.78, 5) is 3.95. The van der Waals surface area contributed by atoms with Gasteiger partial charge in [0.05, 0.1) is 11.2 Å². The third-order valence-corrected chi connectivity index (χ3v) is 5.70. The number of hydrogen-bond donors (Lipinski definition) is 1. The van der Waals surface area contributed by atoms with Crippen LogP contribution in [0.1, 0.15) is 18.9 Å². The van der Waals surface area contributed by atoms with Crippen LogP contribution in [0.2, 0.25) is 0 Å². The Balaban J connectivity index is 2.87. The maximum Gasteiger partial charge on any atom is 0.251 e. The molecular formula is C9H15BrN2O2S2. The first-order valence-corrected chi connectivity index (χ1v) is 8.29. The van der Waals surface area contributed by atoms with Crippen LogP contribution in [0.4, 0.5) is 0 Å². The Hall–Kier alpha value is 0.0200. The predicted molar refractivity (Wildman–Crippen MR) is 69.6 cm³/mol. The van der Waals surface area contributed by atoms with Crippen LogP contribution in [0, 0.1) is 12.8 Å². The van der Waals surface area contributed by atoms with Crippen LogP contribution in [-0.2, 0) is 10.0 Å². The minimum Gasteiger partial charge on any atom is -0.249 e. The molecular weight excluding hydrogens is 312 g/mol. The van der Waals surface area contributed by atoms with Gasteiger partial charge in [0.25, 0.3) is 10.0 Å². The van der Waals surface area contributed by atoms with E-state index in [9.17, 15) is 8.42 Å². The lowest BCUT2D eigenvalue weighted by Gasteiger charge is -2.18. The zero-order valence-electron chi connectivity index (χ0n) is 9.40. The van der Waals surface area contributed by atoms with Crippen molar-refractivity contribution in [2.45, 2.75) is 31.0 Å². The van der Waals surface area contributed by atoms with Gasteiger partial charge in [-0.05, 0) is 12.8 Å². The van der Waals surface area contributed by atoms with Crippen molar-refractivity contribution in [2.24, 2.45) is 5.92 Å². The quantitative estimate of drug-likeness (QED) is 0.843. The van der Waals surface area contributed by atoms with Crippen molar-refractivity contribution < 1.29 is 8.42 Å². The number of rotatable bonds is 5. The van der Waals surface area contributed by atoms with Crippen molar-refractivity contribution in [1.82, 2.24) is 9.71 Å². The third-order valence-electron chi connectivity index (χ3n) is 2.14. The van der Waals surface area contributed by atoms with Crippen molar-refractivity contribution in [3.05, 3.63) is 11.2 Å². The molecule has 92 valence electrons. The van der Waals surface area contributed by atoms with Crippen molar-refractivity contribution in [3.63, 3.8) is 0 Å². The highest BCUT2D eigenvalue weighted by molar-refractivity contribution is 9.09.